The lowest BCUT2D eigenvalue weighted by molar-refractivity contribution is -0.137. The zero-order chi connectivity index (χ0) is 26.8. The predicted octanol–water partition coefficient (Wildman–Crippen LogP) is 4.96. The highest BCUT2D eigenvalue weighted by Crippen LogP contribution is 2.40. The smallest absolute Gasteiger partial charge is 0.372 e. The summed E-state index contributed by atoms with van der Waals surface area (Å²) in [4.78, 5) is 30.6. The van der Waals surface area contributed by atoms with E-state index in [9.17, 15) is 22.8 Å². The topological polar surface area (TPSA) is 114 Å². The Labute approximate surface area is 209 Å². The maximum Gasteiger partial charge on any atom is 0.416 e. The Kier molecular flexibility index (Phi) is 5.78. The number of morpholine rings is 1. The minimum absolute atomic E-state index is 0.0703. The van der Waals surface area contributed by atoms with Crippen molar-refractivity contribution in [2.45, 2.75) is 46.1 Å². The van der Waals surface area contributed by atoms with Crippen LogP contribution in [0.1, 0.15) is 51.6 Å². The number of benzene rings is 2. The number of primary amides is 1. The molecule has 1 aliphatic heterocycles. The lowest BCUT2D eigenvalue weighted by Gasteiger charge is -2.35. The van der Waals surface area contributed by atoms with Crippen molar-refractivity contribution in [1.82, 2.24) is 15.0 Å². The average Bonchev–Trinajstić information content (AvgIpc) is 3.34. The molecule has 4 aromatic rings. The van der Waals surface area contributed by atoms with Crippen LogP contribution in [0.3, 0.4) is 0 Å². The van der Waals surface area contributed by atoms with E-state index >= 15 is 0 Å². The van der Waals surface area contributed by atoms with Crippen LogP contribution in [0.4, 0.5) is 13.2 Å². The van der Waals surface area contributed by atoms with E-state index < -0.39 is 23.6 Å². The first-order valence-electron chi connectivity index (χ1n) is 11.7. The van der Waals surface area contributed by atoms with Crippen LogP contribution in [0.5, 0.6) is 0 Å². The lowest BCUT2D eigenvalue weighted by Crippen LogP contribution is -2.48. The van der Waals surface area contributed by atoms with E-state index in [-0.39, 0.29) is 52.8 Å². The summed E-state index contributed by atoms with van der Waals surface area (Å²) in [5, 5.41) is 4.63. The number of aromatic amines is 1. The van der Waals surface area contributed by atoms with E-state index in [1.807, 2.05) is 0 Å². The molecule has 0 aliphatic carbocycles. The molecule has 1 aliphatic rings. The van der Waals surface area contributed by atoms with Crippen LogP contribution in [-0.2, 0) is 10.9 Å². The van der Waals surface area contributed by atoms with Gasteiger partial charge in [0.25, 0.3) is 11.8 Å². The first-order valence-corrected chi connectivity index (χ1v) is 11.7. The molecule has 3 N–H and O–H groups in total. The summed E-state index contributed by atoms with van der Waals surface area (Å²) in [6.07, 6.45) is -5.24. The van der Waals surface area contributed by atoms with Gasteiger partial charge in [-0.25, -0.2) is 0 Å². The minimum Gasteiger partial charge on any atom is -0.372 e. The number of H-pyrrole nitrogens is 1. The van der Waals surface area contributed by atoms with E-state index in [1.165, 1.54) is 4.90 Å². The standard InChI is InChI=1S/C26H25F3N4O4/c1-11-9-33(10-12(2)36-11)25(35)18-7-16(26(27,28)29)8-20-22(18)17-5-15(21-13(3)32-37-14(21)4)6-19(24(30)34)23(17)31-20/h5-8,11-12,31H,9-10H2,1-4H3,(H2,30,34)/t11-,12+. The third kappa shape index (κ3) is 4.22. The van der Waals surface area contributed by atoms with Gasteiger partial charge in [0, 0.05) is 34.9 Å². The molecule has 194 valence electrons. The number of aryl methyl sites for hydroxylation is 2. The van der Waals surface area contributed by atoms with Crippen molar-refractivity contribution in [3.8, 4) is 11.1 Å². The fourth-order valence-corrected chi connectivity index (χ4v) is 5.22. The fraction of sp³-hybridized carbons (Fsp3) is 0.346. The number of carbonyl (C=O) groups is 2. The molecule has 5 rings (SSSR count). The number of nitrogens with one attached hydrogen (secondary N) is 1. The third-order valence-electron chi connectivity index (χ3n) is 6.66. The van der Waals surface area contributed by atoms with Gasteiger partial charge in [0.1, 0.15) is 5.76 Å². The number of rotatable bonds is 3. The van der Waals surface area contributed by atoms with E-state index in [1.54, 1.807) is 39.8 Å². The minimum atomic E-state index is -4.69. The van der Waals surface area contributed by atoms with Crippen molar-refractivity contribution in [2.24, 2.45) is 5.73 Å². The highest BCUT2D eigenvalue weighted by Gasteiger charge is 2.35. The molecular formula is C26H25F3N4O4. The quantitative estimate of drug-likeness (QED) is 0.401. The van der Waals surface area contributed by atoms with Gasteiger partial charge >= 0.3 is 6.18 Å². The van der Waals surface area contributed by atoms with Gasteiger partial charge < -0.3 is 24.9 Å². The summed E-state index contributed by atoms with van der Waals surface area (Å²) in [7, 11) is 0. The number of fused-ring (bicyclic) bond motifs is 3. The maximum absolute atomic E-state index is 13.9. The van der Waals surface area contributed by atoms with Crippen LogP contribution in [0.2, 0.25) is 0 Å². The number of carbonyl (C=O) groups excluding carboxylic acids is 2. The van der Waals surface area contributed by atoms with E-state index in [4.69, 9.17) is 15.0 Å². The number of nitrogens with two attached hydrogens (primary N) is 1. The molecule has 2 aromatic carbocycles. The summed E-state index contributed by atoms with van der Waals surface area (Å²) in [6.45, 7) is 7.53. The maximum atomic E-state index is 13.9. The SMILES string of the molecule is Cc1noc(C)c1-c1cc(C(N)=O)c2[nH]c3cc(C(F)(F)F)cc(C(=O)N4C[C@@H](C)O[C@@H](C)C4)c3c2c1. The molecule has 2 aromatic heterocycles. The molecule has 2 atom stereocenters. The van der Waals surface area contributed by atoms with Gasteiger partial charge in [-0.05, 0) is 57.5 Å². The summed E-state index contributed by atoms with van der Waals surface area (Å²) < 4.78 is 52.6. The average molecular weight is 515 g/mol. The number of amides is 2. The van der Waals surface area contributed by atoms with Crippen molar-refractivity contribution in [3.63, 3.8) is 0 Å². The zero-order valence-electron chi connectivity index (χ0n) is 20.6. The molecular weight excluding hydrogens is 489 g/mol. The Morgan fingerprint density at radius 2 is 1.76 bits per heavy atom. The molecule has 0 radical (unpaired) electrons. The first kappa shape index (κ1) is 24.8. The molecule has 37 heavy (non-hydrogen) atoms. The van der Waals surface area contributed by atoms with Crippen LogP contribution in [0.25, 0.3) is 32.9 Å². The van der Waals surface area contributed by atoms with Crippen LogP contribution in [-0.4, -0.2) is 52.2 Å². The lowest BCUT2D eigenvalue weighted by atomic mass is 9.95. The highest BCUT2D eigenvalue weighted by atomic mass is 19.4. The number of hydrogen-bond donors (Lipinski definition) is 2. The van der Waals surface area contributed by atoms with Crippen LogP contribution in [0, 0.1) is 13.8 Å². The van der Waals surface area contributed by atoms with Gasteiger partial charge in [-0.1, -0.05) is 5.16 Å². The number of nitrogens with zero attached hydrogens (tertiary/aromatic N) is 2. The molecule has 2 amide bonds. The van der Waals surface area contributed by atoms with Crippen molar-refractivity contribution in [3.05, 3.63) is 52.4 Å². The monoisotopic (exact) mass is 514 g/mol. The Bertz CT molecular complexity index is 1540. The molecule has 0 saturated carbocycles. The van der Waals surface area contributed by atoms with E-state index in [0.717, 1.165) is 12.1 Å². The van der Waals surface area contributed by atoms with Gasteiger partial charge in [0.05, 0.1) is 40.1 Å². The number of hydrogen-bond acceptors (Lipinski definition) is 5. The number of halogens is 3. The van der Waals surface area contributed by atoms with Crippen LogP contribution >= 0.6 is 0 Å². The molecule has 0 bridgehead atoms. The Balaban J connectivity index is 1.84. The van der Waals surface area contributed by atoms with Crippen LogP contribution in [0.15, 0.2) is 28.8 Å². The molecule has 11 heteroatoms. The second-order valence-electron chi connectivity index (χ2n) is 9.55. The number of alkyl halides is 3. The second-order valence-corrected chi connectivity index (χ2v) is 9.55. The van der Waals surface area contributed by atoms with Gasteiger partial charge in [0.15, 0.2) is 0 Å². The Hall–Kier alpha value is -3.86. The van der Waals surface area contributed by atoms with E-state index in [2.05, 4.69) is 10.1 Å². The van der Waals surface area contributed by atoms with E-state index in [0.29, 0.717) is 28.0 Å². The van der Waals surface area contributed by atoms with Crippen molar-refractivity contribution in [1.29, 1.82) is 0 Å². The summed E-state index contributed by atoms with van der Waals surface area (Å²) in [5.41, 5.74) is 6.72. The summed E-state index contributed by atoms with van der Waals surface area (Å²) in [6, 6.07) is 5.07. The zero-order valence-corrected chi connectivity index (χ0v) is 20.6. The highest BCUT2D eigenvalue weighted by molar-refractivity contribution is 6.22. The van der Waals surface area contributed by atoms with Crippen molar-refractivity contribution < 1.29 is 32.0 Å². The molecule has 1 saturated heterocycles. The van der Waals surface area contributed by atoms with Crippen molar-refractivity contribution in [2.75, 3.05) is 13.1 Å². The van der Waals surface area contributed by atoms with Gasteiger partial charge in [-0.2, -0.15) is 13.2 Å². The van der Waals surface area contributed by atoms with Gasteiger partial charge in [-0.15, -0.1) is 0 Å². The molecule has 8 nitrogen and oxygen atoms in total. The summed E-state index contributed by atoms with van der Waals surface area (Å²) >= 11 is 0. The summed E-state index contributed by atoms with van der Waals surface area (Å²) in [5.74, 6) is -0.827. The largest absolute Gasteiger partial charge is 0.416 e. The van der Waals surface area contributed by atoms with Gasteiger partial charge in [0.2, 0.25) is 0 Å². The normalized spacial score (nSPS) is 18.6. The molecule has 0 spiro atoms. The van der Waals surface area contributed by atoms with Crippen LogP contribution < -0.4 is 5.73 Å². The second kappa shape index (κ2) is 8.62. The fourth-order valence-electron chi connectivity index (χ4n) is 5.22. The molecule has 1 fully saturated rings. The Morgan fingerprint density at radius 1 is 1.08 bits per heavy atom. The number of aromatic nitrogens is 2. The van der Waals surface area contributed by atoms with Crippen molar-refractivity contribution >= 4 is 33.6 Å². The third-order valence-corrected chi connectivity index (χ3v) is 6.66. The van der Waals surface area contributed by atoms with Gasteiger partial charge in [-0.3, -0.25) is 9.59 Å². The first-order chi connectivity index (χ1) is 17.3. The number of ether oxygens (including phenoxy) is 1. The molecule has 3 heterocycles. The predicted molar refractivity (Wildman–Crippen MR) is 130 cm³/mol. The Morgan fingerprint density at radius 3 is 2.32 bits per heavy atom. The molecule has 0 unspecified atom stereocenters.